The first-order valence-corrected chi connectivity index (χ1v) is 6.98. The van der Waals surface area contributed by atoms with E-state index in [4.69, 9.17) is 0 Å². The molecule has 0 bridgehead atoms. The average molecular weight is 260 g/mol. The van der Waals surface area contributed by atoms with Crippen molar-refractivity contribution in [2.24, 2.45) is 0 Å². The number of amides is 1. The Morgan fingerprint density at radius 3 is 2.58 bits per heavy atom. The van der Waals surface area contributed by atoms with Crippen LogP contribution in [0.2, 0.25) is 0 Å². The van der Waals surface area contributed by atoms with E-state index >= 15 is 0 Å². The minimum Gasteiger partial charge on any atom is -0.337 e. The van der Waals surface area contributed by atoms with E-state index in [0.29, 0.717) is 11.2 Å². The highest BCUT2D eigenvalue weighted by Crippen LogP contribution is 2.37. The van der Waals surface area contributed by atoms with Gasteiger partial charge in [0.2, 0.25) is 0 Å². The Hall–Kier alpha value is -1.49. The second kappa shape index (κ2) is 4.89. The Labute approximate surface area is 113 Å². The number of rotatable bonds is 1. The molecule has 3 rings (SSSR count). The Kier molecular flexibility index (Phi) is 3.22. The molecule has 2 aliphatic rings. The third-order valence-electron chi connectivity index (χ3n) is 4.71. The van der Waals surface area contributed by atoms with Crippen LogP contribution in [0.1, 0.15) is 36.2 Å². The van der Waals surface area contributed by atoms with Crippen LogP contribution in [-0.4, -0.2) is 57.9 Å². The van der Waals surface area contributed by atoms with Crippen molar-refractivity contribution in [3.63, 3.8) is 0 Å². The van der Waals surface area contributed by atoms with Gasteiger partial charge in [0.25, 0.3) is 5.91 Å². The maximum atomic E-state index is 12.3. The lowest BCUT2D eigenvalue weighted by Gasteiger charge is -2.43. The van der Waals surface area contributed by atoms with Crippen molar-refractivity contribution in [1.82, 2.24) is 19.8 Å². The summed E-state index contributed by atoms with van der Waals surface area (Å²) >= 11 is 0. The maximum Gasteiger partial charge on any atom is 0.274 e. The van der Waals surface area contributed by atoms with E-state index in [-0.39, 0.29) is 5.91 Å². The van der Waals surface area contributed by atoms with Gasteiger partial charge in [-0.15, -0.1) is 0 Å². The molecule has 1 spiro atoms. The van der Waals surface area contributed by atoms with Crippen molar-refractivity contribution in [2.45, 2.75) is 31.2 Å². The molecule has 1 aromatic heterocycles. The van der Waals surface area contributed by atoms with E-state index in [2.05, 4.69) is 21.9 Å². The predicted octanol–water partition coefficient (Wildman–Crippen LogP) is 1.18. The highest BCUT2D eigenvalue weighted by molar-refractivity contribution is 5.92. The van der Waals surface area contributed by atoms with Gasteiger partial charge in [0.05, 0.1) is 6.20 Å². The summed E-state index contributed by atoms with van der Waals surface area (Å²) in [6.45, 7) is 2.86. The summed E-state index contributed by atoms with van der Waals surface area (Å²) in [5.74, 6) is 0.0172. The van der Waals surface area contributed by atoms with E-state index in [0.717, 1.165) is 25.9 Å². The molecule has 102 valence electrons. The van der Waals surface area contributed by atoms with Gasteiger partial charge in [0.15, 0.2) is 0 Å². The number of aromatic nitrogens is 2. The zero-order valence-corrected chi connectivity index (χ0v) is 11.4. The Morgan fingerprint density at radius 2 is 2.00 bits per heavy atom. The van der Waals surface area contributed by atoms with Gasteiger partial charge in [-0.1, -0.05) is 0 Å². The third-order valence-corrected chi connectivity index (χ3v) is 4.71. The number of carbonyl (C=O) groups excluding carboxylic acids is 1. The fourth-order valence-electron chi connectivity index (χ4n) is 3.40. The maximum absolute atomic E-state index is 12.3. The van der Waals surface area contributed by atoms with Gasteiger partial charge in [-0.05, 0) is 39.3 Å². The summed E-state index contributed by atoms with van der Waals surface area (Å²) < 4.78 is 0. The molecule has 0 unspecified atom stereocenters. The largest absolute Gasteiger partial charge is 0.337 e. The molecule has 2 saturated heterocycles. The minimum absolute atomic E-state index is 0.0172. The second-order valence-corrected chi connectivity index (χ2v) is 5.63. The second-order valence-electron chi connectivity index (χ2n) is 5.63. The zero-order chi connectivity index (χ0) is 13.3. The molecular formula is C14H20N4O. The van der Waals surface area contributed by atoms with Gasteiger partial charge >= 0.3 is 0 Å². The molecule has 0 aromatic carbocycles. The molecule has 2 aliphatic heterocycles. The quantitative estimate of drug-likeness (QED) is 0.760. The molecular weight excluding hydrogens is 240 g/mol. The average Bonchev–Trinajstić information content (AvgIpc) is 2.81. The molecule has 5 nitrogen and oxygen atoms in total. The fraction of sp³-hybridized carbons (Fsp3) is 0.643. The van der Waals surface area contributed by atoms with E-state index in [1.165, 1.54) is 19.4 Å². The first-order valence-electron chi connectivity index (χ1n) is 6.98. The lowest BCUT2D eigenvalue weighted by molar-refractivity contribution is 0.0487. The van der Waals surface area contributed by atoms with Crippen molar-refractivity contribution in [3.05, 3.63) is 24.3 Å². The van der Waals surface area contributed by atoms with Crippen LogP contribution in [0.4, 0.5) is 0 Å². The fourth-order valence-corrected chi connectivity index (χ4v) is 3.40. The summed E-state index contributed by atoms with van der Waals surface area (Å²) in [4.78, 5) is 24.8. The molecule has 2 fully saturated rings. The number of likely N-dealkylation sites (tertiary alicyclic amines) is 2. The Morgan fingerprint density at radius 1 is 1.21 bits per heavy atom. The molecule has 0 radical (unpaired) electrons. The summed E-state index contributed by atoms with van der Waals surface area (Å²) in [5, 5.41) is 0. The van der Waals surface area contributed by atoms with Crippen molar-refractivity contribution >= 4 is 5.91 Å². The van der Waals surface area contributed by atoms with Gasteiger partial charge in [-0.25, -0.2) is 4.98 Å². The standard InChI is InChI=1S/C14H20N4O/c1-17-8-2-3-14(17)4-9-18(10-5-14)13(19)12-11-15-6-7-16-12/h6-7,11H,2-5,8-10H2,1H3. The summed E-state index contributed by atoms with van der Waals surface area (Å²) in [5.41, 5.74) is 0.803. The highest BCUT2D eigenvalue weighted by Gasteiger charge is 2.41. The van der Waals surface area contributed by atoms with Crippen LogP contribution >= 0.6 is 0 Å². The van der Waals surface area contributed by atoms with Crippen LogP contribution in [0.3, 0.4) is 0 Å². The minimum atomic E-state index is 0.0172. The smallest absolute Gasteiger partial charge is 0.274 e. The topological polar surface area (TPSA) is 49.3 Å². The van der Waals surface area contributed by atoms with Crippen LogP contribution in [-0.2, 0) is 0 Å². The van der Waals surface area contributed by atoms with E-state index in [1.54, 1.807) is 18.6 Å². The first-order chi connectivity index (χ1) is 9.21. The molecule has 0 N–H and O–H groups in total. The van der Waals surface area contributed by atoms with Crippen molar-refractivity contribution < 1.29 is 4.79 Å². The van der Waals surface area contributed by atoms with Crippen LogP contribution in [0.15, 0.2) is 18.6 Å². The molecule has 0 saturated carbocycles. The third kappa shape index (κ3) is 2.23. The number of nitrogens with zero attached hydrogens (tertiary/aromatic N) is 4. The lowest BCUT2D eigenvalue weighted by atomic mass is 9.85. The molecule has 0 aliphatic carbocycles. The molecule has 1 aromatic rings. The Balaban J connectivity index is 1.66. The van der Waals surface area contributed by atoms with Crippen molar-refractivity contribution in [1.29, 1.82) is 0 Å². The number of hydrogen-bond acceptors (Lipinski definition) is 4. The number of hydrogen-bond donors (Lipinski definition) is 0. The SMILES string of the molecule is CN1CCCC12CCN(C(=O)c1cnccn1)CC2. The lowest BCUT2D eigenvalue weighted by Crippen LogP contribution is -2.52. The first kappa shape index (κ1) is 12.5. The van der Waals surface area contributed by atoms with E-state index in [9.17, 15) is 4.79 Å². The monoisotopic (exact) mass is 260 g/mol. The van der Waals surface area contributed by atoms with Crippen molar-refractivity contribution in [3.8, 4) is 0 Å². The van der Waals surface area contributed by atoms with Crippen molar-refractivity contribution in [2.75, 3.05) is 26.7 Å². The van der Waals surface area contributed by atoms with Crippen LogP contribution < -0.4 is 0 Å². The summed E-state index contributed by atoms with van der Waals surface area (Å²) in [6, 6.07) is 0. The molecule has 3 heterocycles. The van der Waals surface area contributed by atoms with Crippen LogP contribution in [0.25, 0.3) is 0 Å². The molecule has 1 amide bonds. The predicted molar refractivity (Wildman–Crippen MR) is 71.8 cm³/mol. The Bertz CT molecular complexity index is 454. The van der Waals surface area contributed by atoms with Gasteiger partial charge in [-0.2, -0.15) is 0 Å². The highest BCUT2D eigenvalue weighted by atomic mass is 16.2. The van der Waals surface area contributed by atoms with Gasteiger partial charge in [0.1, 0.15) is 5.69 Å². The zero-order valence-electron chi connectivity index (χ0n) is 11.4. The van der Waals surface area contributed by atoms with Gasteiger partial charge < -0.3 is 9.80 Å². The van der Waals surface area contributed by atoms with Crippen LogP contribution in [0.5, 0.6) is 0 Å². The number of piperidine rings is 1. The van der Waals surface area contributed by atoms with Gasteiger partial charge in [0, 0.05) is 31.0 Å². The molecule has 19 heavy (non-hydrogen) atoms. The van der Waals surface area contributed by atoms with Gasteiger partial charge in [-0.3, -0.25) is 9.78 Å². The van der Waals surface area contributed by atoms with E-state index in [1.807, 2.05) is 4.90 Å². The normalized spacial score (nSPS) is 22.9. The van der Waals surface area contributed by atoms with Crippen LogP contribution in [0, 0.1) is 0 Å². The molecule has 0 atom stereocenters. The summed E-state index contributed by atoms with van der Waals surface area (Å²) in [6.07, 6.45) is 9.43. The number of carbonyl (C=O) groups is 1. The van der Waals surface area contributed by atoms with E-state index < -0.39 is 0 Å². The summed E-state index contributed by atoms with van der Waals surface area (Å²) in [7, 11) is 2.22. The molecule has 5 heteroatoms.